The molecule has 0 aromatic carbocycles. The van der Waals surface area contributed by atoms with Crippen LogP contribution in [0.4, 0.5) is 0 Å². The first-order chi connectivity index (χ1) is 9.17. The van der Waals surface area contributed by atoms with E-state index in [1.54, 1.807) is 4.31 Å². The molecule has 0 amide bonds. The van der Waals surface area contributed by atoms with Crippen LogP contribution in [-0.4, -0.2) is 46.1 Å². The molecule has 114 valence electrons. The number of esters is 1. The van der Waals surface area contributed by atoms with Crippen LogP contribution in [0.1, 0.15) is 33.6 Å². The minimum Gasteiger partial charge on any atom is -0.460 e. The highest BCUT2D eigenvalue weighted by molar-refractivity contribution is 14.1. The fourth-order valence-corrected chi connectivity index (χ4v) is 7.42. The van der Waals surface area contributed by atoms with Gasteiger partial charge in [0.25, 0.3) is 0 Å². The summed E-state index contributed by atoms with van der Waals surface area (Å²) in [5, 5.41) is -0.258. The van der Waals surface area contributed by atoms with Gasteiger partial charge in [-0.3, -0.25) is 4.79 Å². The van der Waals surface area contributed by atoms with Gasteiger partial charge in [-0.05, 0) is 45.4 Å². The summed E-state index contributed by atoms with van der Waals surface area (Å²) < 4.78 is 33.0. The highest BCUT2D eigenvalue weighted by Gasteiger charge is 2.69. The Labute approximate surface area is 133 Å². The molecular formula is C13H20INO4S. The fourth-order valence-electron chi connectivity index (χ4n) is 4.36. The topological polar surface area (TPSA) is 63.7 Å². The van der Waals surface area contributed by atoms with Gasteiger partial charge >= 0.3 is 5.97 Å². The highest BCUT2D eigenvalue weighted by atomic mass is 127. The number of carbonyl (C=O) groups is 1. The lowest BCUT2D eigenvalue weighted by atomic mass is 9.90. The molecule has 7 heteroatoms. The molecule has 0 radical (unpaired) electrons. The van der Waals surface area contributed by atoms with Crippen LogP contribution in [0.2, 0.25) is 0 Å². The average Bonchev–Trinajstić information content (AvgIpc) is 2.90. The lowest BCUT2D eigenvalue weighted by Gasteiger charge is -2.37. The van der Waals surface area contributed by atoms with Gasteiger partial charge in [-0.1, -0.05) is 22.6 Å². The summed E-state index contributed by atoms with van der Waals surface area (Å²) in [6.07, 6.45) is 1.27. The van der Waals surface area contributed by atoms with Gasteiger partial charge in [-0.15, -0.1) is 0 Å². The van der Waals surface area contributed by atoms with E-state index in [2.05, 4.69) is 0 Å². The van der Waals surface area contributed by atoms with Crippen molar-refractivity contribution in [1.29, 1.82) is 0 Å². The van der Waals surface area contributed by atoms with Gasteiger partial charge in [0, 0.05) is 5.54 Å². The number of nitrogens with zero attached hydrogens (tertiary/aromatic N) is 1. The predicted octanol–water partition coefficient (Wildman–Crippen LogP) is 1.55. The second kappa shape index (κ2) is 4.55. The number of hydrogen-bond donors (Lipinski definition) is 0. The maximum Gasteiger partial charge on any atom is 0.316 e. The first-order valence-corrected chi connectivity index (χ1v) is 9.99. The van der Waals surface area contributed by atoms with Crippen LogP contribution in [0.25, 0.3) is 0 Å². The monoisotopic (exact) mass is 413 g/mol. The molecule has 5 atom stereocenters. The van der Waals surface area contributed by atoms with E-state index in [0.717, 1.165) is 6.42 Å². The van der Waals surface area contributed by atoms with Crippen molar-refractivity contribution in [2.24, 2.45) is 11.8 Å². The average molecular weight is 413 g/mol. The van der Waals surface area contributed by atoms with E-state index < -0.39 is 15.6 Å². The van der Waals surface area contributed by atoms with E-state index in [-0.39, 0.29) is 35.2 Å². The summed E-state index contributed by atoms with van der Waals surface area (Å²) in [6, 6.07) is -0.157. The molecule has 1 heterocycles. The number of alkyl halides is 1. The zero-order chi connectivity index (χ0) is 14.9. The Hall–Kier alpha value is 0.110. The molecule has 20 heavy (non-hydrogen) atoms. The van der Waals surface area contributed by atoms with Crippen molar-refractivity contribution in [3.05, 3.63) is 0 Å². The Morgan fingerprint density at radius 1 is 1.35 bits per heavy atom. The van der Waals surface area contributed by atoms with E-state index >= 15 is 0 Å². The number of fused-ring (bicyclic) bond motifs is 1. The zero-order valence-corrected chi connectivity index (χ0v) is 14.8. The van der Waals surface area contributed by atoms with E-state index in [4.69, 9.17) is 4.74 Å². The number of sulfonamides is 1. The maximum atomic E-state index is 12.7. The molecule has 0 aromatic heterocycles. The Morgan fingerprint density at radius 3 is 2.55 bits per heavy atom. The second-order valence-electron chi connectivity index (χ2n) is 7.02. The summed E-state index contributed by atoms with van der Waals surface area (Å²) in [6.45, 7) is 5.75. The van der Waals surface area contributed by atoms with E-state index in [1.807, 2.05) is 43.4 Å². The van der Waals surface area contributed by atoms with Crippen LogP contribution >= 0.6 is 22.6 Å². The number of rotatable bonds is 2. The quantitative estimate of drug-likeness (QED) is 0.392. The van der Waals surface area contributed by atoms with Gasteiger partial charge in [0.1, 0.15) is 6.10 Å². The summed E-state index contributed by atoms with van der Waals surface area (Å²) in [5.74, 6) is 0.109. The van der Waals surface area contributed by atoms with Crippen LogP contribution in [0.5, 0.6) is 0 Å². The number of halogens is 1. The number of hydrogen-bond acceptors (Lipinski definition) is 4. The zero-order valence-electron chi connectivity index (χ0n) is 11.9. The van der Waals surface area contributed by atoms with Crippen molar-refractivity contribution in [1.82, 2.24) is 4.31 Å². The third-order valence-corrected chi connectivity index (χ3v) is 8.06. The van der Waals surface area contributed by atoms with Gasteiger partial charge in [0.05, 0.1) is 15.7 Å². The van der Waals surface area contributed by atoms with Crippen molar-refractivity contribution >= 4 is 38.6 Å². The number of ether oxygens (including phenoxy) is 1. The normalized spacial score (nSPS) is 42.1. The fraction of sp³-hybridized carbons (Fsp3) is 0.923. The molecule has 0 spiro atoms. The molecule has 3 aliphatic rings. The van der Waals surface area contributed by atoms with Crippen molar-refractivity contribution in [3.8, 4) is 0 Å². The molecule has 3 fully saturated rings. The maximum absolute atomic E-state index is 12.7. The van der Waals surface area contributed by atoms with Crippen molar-refractivity contribution in [3.63, 3.8) is 0 Å². The Balaban J connectivity index is 1.99. The van der Waals surface area contributed by atoms with Gasteiger partial charge in [0.15, 0.2) is 0 Å². The van der Waals surface area contributed by atoms with Crippen molar-refractivity contribution in [2.45, 2.75) is 56.5 Å². The van der Waals surface area contributed by atoms with Crippen molar-refractivity contribution < 1.29 is 17.9 Å². The van der Waals surface area contributed by atoms with E-state index in [0.29, 0.717) is 10.8 Å². The predicted molar refractivity (Wildman–Crippen MR) is 83.1 cm³/mol. The minimum atomic E-state index is -3.27. The molecule has 0 aromatic rings. The summed E-state index contributed by atoms with van der Waals surface area (Å²) in [4.78, 5) is 11.6. The van der Waals surface area contributed by atoms with Crippen LogP contribution < -0.4 is 0 Å². The third-order valence-electron chi connectivity index (χ3n) is 4.79. The molecule has 5 nitrogen and oxygen atoms in total. The molecule has 2 saturated carbocycles. The van der Waals surface area contributed by atoms with E-state index in [9.17, 15) is 13.2 Å². The molecule has 3 rings (SSSR count). The SMILES string of the molecule is CC(C)(C)N1C2C3CC(CC3S1(=O)=O)C2OC(=O)CI. The molecule has 5 unspecified atom stereocenters. The molecule has 1 saturated heterocycles. The Kier molecular flexibility index (Phi) is 3.42. The second-order valence-corrected chi connectivity index (χ2v) is 9.82. The molecule has 2 bridgehead atoms. The highest BCUT2D eigenvalue weighted by Crippen LogP contribution is 2.58. The lowest BCUT2D eigenvalue weighted by molar-refractivity contribution is -0.150. The smallest absolute Gasteiger partial charge is 0.316 e. The van der Waals surface area contributed by atoms with Crippen LogP contribution in [0.3, 0.4) is 0 Å². The molecule has 0 N–H and O–H groups in total. The minimum absolute atomic E-state index is 0.135. The van der Waals surface area contributed by atoms with Crippen LogP contribution in [-0.2, 0) is 19.6 Å². The standard InChI is InChI=1S/C13H20INO4S/c1-13(2,3)15-11-8-4-7(5-9(8)20(15,17)18)12(11)19-10(16)6-14/h7-9,11-12H,4-6H2,1-3H3. The van der Waals surface area contributed by atoms with E-state index in [1.165, 1.54) is 0 Å². The van der Waals surface area contributed by atoms with Crippen molar-refractivity contribution in [2.75, 3.05) is 4.43 Å². The first kappa shape index (κ1) is 15.0. The lowest BCUT2D eigenvalue weighted by Crippen LogP contribution is -2.52. The molecule has 2 aliphatic carbocycles. The molecule has 1 aliphatic heterocycles. The Bertz CT molecular complexity index is 541. The molecular weight excluding hydrogens is 393 g/mol. The summed E-state index contributed by atoms with van der Waals surface area (Å²) in [5.41, 5.74) is -0.468. The van der Waals surface area contributed by atoms with Gasteiger partial charge < -0.3 is 4.74 Å². The first-order valence-electron chi connectivity index (χ1n) is 6.96. The largest absolute Gasteiger partial charge is 0.460 e. The van der Waals surface area contributed by atoms with Crippen LogP contribution in [0.15, 0.2) is 0 Å². The third kappa shape index (κ3) is 1.95. The number of carbonyl (C=O) groups excluding carboxylic acids is 1. The van der Waals surface area contributed by atoms with Gasteiger partial charge in [-0.25, -0.2) is 8.42 Å². The summed E-state index contributed by atoms with van der Waals surface area (Å²) >= 11 is 1.98. The Morgan fingerprint density at radius 2 is 2.00 bits per heavy atom. The van der Waals surface area contributed by atoms with Gasteiger partial charge in [-0.2, -0.15) is 4.31 Å². The van der Waals surface area contributed by atoms with Gasteiger partial charge in [0.2, 0.25) is 10.0 Å². The summed E-state index contributed by atoms with van der Waals surface area (Å²) in [7, 11) is -3.27. The van der Waals surface area contributed by atoms with Crippen LogP contribution in [0, 0.1) is 11.8 Å².